The molecule has 0 N–H and O–H groups in total. The molecule has 0 fully saturated rings. The van der Waals surface area contributed by atoms with Crippen LogP contribution in [0.5, 0.6) is 0 Å². The molecule has 2 aromatic carbocycles. The van der Waals surface area contributed by atoms with Gasteiger partial charge < -0.3 is 4.90 Å². The van der Waals surface area contributed by atoms with Crippen LogP contribution in [0.15, 0.2) is 36.4 Å². The summed E-state index contributed by atoms with van der Waals surface area (Å²) in [6.45, 7) is 1.10. The number of hydrogen-bond donors (Lipinski definition) is 0. The maximum atomic E-state index is 13.3. The quantitative estimate of drug-likeness (QED) is 0.367. The van der Waals surface area contributed by atoms with Crippen molar-refractivity contribution in [2.24, 2.45) is 0 Å². The van der Waals surface area contributed by atoms with Gasteiger partial charge in [0.2, 0.25) is 0 Å². The van der Waals surface area contributed by atoms with Crippen molar-refractivity contribution in [2.75, 3.05) is 32.1 Å². The van der Waals surface area contributed by atoms with Crippen molar-refractivity contribution in [3.8, 4) is 0 Å². The molecule has 7 nitrogen and oxygen atoms in total. The van der Waals surface area contributed by atoms with Crippen molar-refractivity contribution >= 4 is 61.5 Å². The maximum Gasteiger partial charge on any atom is 0.282 e. The van der Waals surface area contributed by atoms with Gasteiger partial charge in [0.15, 0.2) is 5.13 Å². The number of hydrogen-bond acceptors (Lipinski definition) is 6. The van der Waals surface area contributed by atoms with Crippen LogP contribution in [0, 0.1) is 10.1 Å². The first-order valence-corrected chi connectivity index (χ1v) is 10.3. The van der Waals surface area contributed by atoms with Crippen molar-refractivity contribution < 1.29 is 9.72 Å². The Morgan fingerprint density at radius 3 is 2.52 bits per heavy atom. The number of carbonyl (C=O) groups excluding carboxylic acids is 1. The fourth-order valence-corrected chi connectivity index (χ4v) is 4.25. The molecule has 0 bridgehead atoms. The maximum absolute atomic E-state index is 13.3. The molecule has 1 amide bonds. The first-order chi connectivity index (χ1) is 13.8. The molecule has 0 saturated heterocycles. The molecule has 0 aliphatic heterocycles. The number of benzene rings is 2. The summed E-state index contributed by atoms with van der Waals surface area (Å²) in [4.78, 5) is 32.2. The Morgan fingerprint density at radius 2 is 1.83 bits per heavy atom. The summed E-state index contributed by atoms with van der Waals surface area (Å²) >= 11 is 13.4. The number of nitro groups is 1. The van der Waals surface area contributed by atoms with Crippen LogP contribution in [-0.4, -0.2) is 47.9 Å². The van der Waals surface area contributed by atoms with Gasteiger partial charge in [-0.25, -0.2) is 4.98 Å². The number of carbonyl (C=O) groups is 1. The van der Waals surface area contributed by atoms with Gasteiger partial charge in [-0.1, -0.05) is 34.5 Å². The lowest BCUT2D eigenvalue weighted by molar-refractivity contribution is -0.385. The van der Waals surface area contributed by atoms with Crippen molar-refractivity contribution in [1.82, 2.24) is 9.88 Å². The topological polar surface area (TPSA) is 79.6 Å². The summed E-state index contributed by atoms with van der Waals surface area (Å²) in [5, 5.41) is 12.7. The Kier molecular flexibility index (Phi) is 6.69. The number of nitrogens with zero attached hydrogens (tertiary/aromatic N) is 4. The molecule has 0 unspecified atom stereocenters. The van der Waals surface area contributed by atoms with Gasteiger partial charge in [-0.15, -0.1) is 0 Å². The number of thiazole rings is 1. The van der Waals surface area contributed by atoms with E-state index in [9.17, 15) is 14.9 Å². The third-order valence-corrected chi connectivity index (χ3v) is 5.70. The molecule has 0 saturated carbocycles. The molecular formula is C19H18Cl2N4O3S. The van der Waals surface area contributed by atoms with E-state index in [0.717, 1.165) is 11.2 Å². The number of anilines is 1. The fourth-order valence-electron chi connectivity index (χ4n) is 2.82. The molecule has 1 heterocycles. The Balaban J connectivity index is 2.04. The van der Waals surface area contributed by atoms with Crippen LogP contribution in [0.2, 0.25) is 10.0 Å². The Bertz CT molecular complexity index is 1070. The van der Waals surface area contributed by atoms with E-state index in [1.165, 1.54) is 34.4 Å². The third-order valence-electron chi connectivity index (χ3n) is 4.19. The van der Waals surface area contributed by atoms with Gasteiger partial charge in [-0.05, 0) is 57.4 Å². The van der Waals surface area contributed by atoms with E-state index in [4.69, 9.17) is 23.2 Å². The van der Waals surface area contributed by atoms with E-state index in [2.05, 4.69) is 4.98 Å². The van der Waals surface area contributed by atoms with Gasteiger partial charge in [0.05, 0.1) is 15.1 Å². The predicted octanol–water partition coefficient (Wildman–Crippen LogP) is 5.11. The zero-order valence-corrected chi connectivity index (χ0v) is 18.1. The van der Waals surface area contributed by atoms with Crippen LogP contribution in [0.25, 0.3) is 10.2 Å². The summed E-state index contributed by atoms with van der Waals surface area (Å²) in [6.07, 6.45) is 0.670. The normalized spacial score (nSPS) is 11.2. The molecule has 29 heavy (non-hydrogen) atoms. The molecule has 1 aromatic heterocycles. The van der Waals surface area contributed by atoms with Gasteiger partial charge >= 0.3 is 0 Å². The number of nitro benzene ring substituents is 1. The molecule has 3 rings (SSSR count). The Hall–Kier alpha value is -2.26. The lowest BCUT2D eigenvalue weighted by atomic mass is 10.1. The molecule has 0 spiro atoms. The van der Waals surface area contributed by atoms with Gasteiger partial charge in [0.25, 0.3) is 11.6 Å². The monoisotopic (exact) mass is 452 g/mol. The first kappa shape index (κ1) is 21.4. The van der Waals surface area contributed by atoms with Crippen LogP contribution < -0.4 is 4.90 Å². The zero-order valence-electron chi connectivity index (χ0n) is 15.8. The van der Waals surface area contributed by atoms with Crippen molar-refractivity contribution in [2.45, 2.75) is 6.42 Å². The summed E-state index contributed by atoms with van der Waals surface area (Å²) < 4.78 is 0.832. The number of halogens is 2. The largest absolute Gasteiger partial charge is 0.309 e. The van der Waals surface area contributed by atoms with Crippen molar-refractivity contribution in [3.63, 3.8) is 0 Å². The minimum Gasteiger partial charge on any atom is -0.309 e. The average molecular weight is 453 g/mol. The lowest BCUT2D eigenvalue weighted by Crippen LogP contribution is -2.33. The molecule has 3 aromatic rings. The van der Waals surface area contributed by atoms with E-state index in [-0.39, 0.29) is 16.3 Å². The SMILES string of the molecule is CN(C)CCCN(C(=O)c1cc(Cl)ccc1[N+](=O)[O-])c1nc2ccc(Cl)cc2s1. The van der Waals surface area contributed by atoms with E-state index in [0.29, 0.717) is 28.6 Å². The van der Waals surface area contributed by atoms with E-state index in [1.807, 2.05) is 19.0 Å². The molecule has 10 heteroatoms. The number of rotatable bonds is 7. The highest BCUT2D eigenvalue weighted by atomic mass is 35.5. The number of aromatic nitrogens is 1. The van der Waals surface area contributed by atoms with Gasteiger partial charge in [0.1, 0.15) is 5.56 Å². The minimum absolute atomic E-state index is 0.0651. The van der Waals surface area contributed by atoms with Crippen LogP contribution in [0.4, 0.5) is 10.8 Å². The van der Waals surface area contributed by atoms with E-state index >= 15 is 0 Å². The number of amides is 1. The lowest BCUT2D eigenvalue weighted by Gasteiger charge is -2.21. The second-order valence-corrected chi connectivity index (χ2v) is 8.52. The van der Waals surface area contributed by atoms with Gasteiger partial charge in [0, 0.05) is 22.7 Å². The molecular weight excluding hydrogens is 435 g/mol. The highest BCUT2D eigenvalue weighted by Crippen LogP contribution is 2.33. The second kappa shape index (κ2) is 9.04. The van der Waals surface area contributed by atoms with Crippen LogP contribution in [-0.2, 0) is 0 Å². The summed E-state index contributed by atoms with van der Waals surface area (Å²) in [7, 11) is 3.88. The molecule has 152 valence electrons. The standard InChI is InChI=1S/C19H18Cl2N4O3S/c1-23(2)8-3-9-24(19-22-15-6-4-13(21)11-17(15)29-19)18(26)14-10-12(20)5-7-16(14)25(27)28/h4-7,10-11H,3,8-9H2,1-2H3. The summed E-state index contributed by atoms with van der Waals surface area (Å²) in [5.74, 6) is -0.511. The minimum atomic E-state index is -0.584. The fraction of sp³-hybridized carbons (Fsp3) is 0.263. The molecule has 0 aliphatic carbocycles. The van der Waals surface area contributed by atoms with E-state index in [1.54, 1.807) is 18.2 Å². The first-order valence-electron chi connectivity index (χ1n) is 8.73. The highest BCUT2D eigenvalue weighted by Gasteiger charge is 2.28. The Morgan fingerprint density at radius 1 is 1.14 bits per heavy atom. The summed E-state index contributed by atoms with van der Waals surface area (Å²) in [5.41, 5.74) is 0.353. The van der Waals surface area contributed by atoms with E-state index < -0.39 is 10.8 Å². The third kappa shape index (κ3) is 5.02. The molecule has 0 aliphatic rings. The summed E-state index contributed by atoms with van der Waals surface area (Å²) in [6, 6.07) is 9.25. The second-order valence-electron chi connectivity index (χ2n) is 6.64. The highest BCUT2D eigenvalue weighted by molar-refractivity contribution is 7.22. The van der Waals surface area contributed by atoms with Crippen molar-refractivity contribution in [3.05, 3.63) is 62.1 Å². The predicted molar refractivity (Wildman–Crippen MR) is 118 cm³/mol. The molecule has 0 radical (unpaired) electrons. The van der Waals surface area contributed by atoms with Crippen molar-refractivity contribution in [1.29, 1.82) is 0 Å². The number of fused-ring (bicyclic) bond motifs is 1. The zero-order chi connectivity index (χ0) is 21.1. The average Bonchev–Trinajstić information content (AvgIpc) is 3.06. The smallest absolute Gasteiger partial charge is 0.282 e. The van der Waals surface area contributed by atoms with Crippen LogP contribution in [0.3, 0.4) is 0 Å². The van der Waals surface area contributed by atoms with Crippen LogP contribution in [0.1, 0.15) is 16.8 Å². The van der Waals surface area contributed by atoms with Crippen LogP contribution >= 0.6 is 34.5 Å². The molecule has 0 atom stereocenters. The van der Waals surface area contributed by atoms with Gasteiger partial charge in [-0.3, -0.25) is 19.8 Å². The van der Waals surface area contributed by atoms with Gasteiger partial charge in [-0.2, -0.15) is 0 Å². The Labute approximate surface area is 181 Å².